The minimum atomic E-state index is -1.03. The van der Waals surface area contributed by atoms with E-state index >= 15 is 0 Å². The van der Waals surface area contributed by atoms with Crippen LogP contribution < -0.4 is 0 Å². The Morgan fingerprint density at radius 2 is 1.87 bits per heavy atom. The molecule has 0 aromatic rings. The Balaban J connectivity index is 1.65. The number of ether oxygens (including phenoxy) is 2. The SMILES string of the molecule is O=C1C[C@@]23CC[C@@H]1C[C@@]21O[C@H]2C4(CCC(=O)[C@]23COC1=O)CC4. The van der Waals surface area contributed by atoms with Gasteiger partial charge in [-0.3, -0.25) is 9.59 Å². The molecular weight excluding hydrogens is 296 g/mol. The average Bonchev–Trinajstić information content (AvgIpc) is 3.28. The maximum atomic E-state index is 13.2. The predicted octanol–water partition coefficient (Wildman–Crippen LogP) is 1.57. The van der Waals surface area contributed by atoms with Crippen LogP contribution in [0.3, 0.4) is 0 Å². The van der Waals surface area contributed by atoms with Gasteiger partial charge >= 0.3 is 5.97 Å². The Labute approximate surface area is 134 Å². The number of Topliss-reactive ketones (excluding diaryl/α,β-unsaturated/α-hetero) is 2. The summed E-state index contributed by atoms with van der Waals surface area (Å²) in [5, 5.41) is 0. The summed E-state index contributed by atoms with van der Waals surface area (Å²) in [5.74, 6) is 0.0132. The van der Waals surface area contributed by atoms with Crippen molar-refractivity contribution in [2.24, 2.45) is 22.2 Å². The van der Waals surface area contributed by atoms with E-state index in [0.717, 1.165) is 32.1 Å². The lowest BCUT2D eigenvalue weighted by molar-refractivity contribution is -0.218. The Hall–Kier alpha value is -1.23. The summed E-state index contributed by atoms with van der Waals surface area (Å²) in [6.45, 7) is 0.136. The molecule has 0 amide bonds. The number of fused-ring (bicyclic) bond motifs is 3. The van der Waals surface area contributed by atoms with Gasteiger partial charge in [-0.05, 0) is 43.9 Å². The van der Waals surface area contributed by atoms with Gasteiger partial charge in [-0.25, -0.2) is 4.79 Å². The molecule has 2 heterocycles. The third-order valence-electron chi connectivity index (χ3n) is 8.34. The maximum Gasteiger partial charge on any atom is 0.339 e. The summed E-state index contributed by atoms with van der Waals surface area (Å²) in [6.07, 6.45) is 5.69. The van der Waals surface area contributed by atoms with Gasteiger partial charge in [0.25, 0.3) is 0 Å². The molecule has 5 heteroatoms. The molecule has 5 nitrogen and oxygen atoms in total. The molecular formula is C18H20O5. The summed E-state index contributed by atoms with van der Waals surface area (Å²) in [5.41, 5.74) is -2.35. The van der Waals surface area contributed by atoms with Crippen LogP contribution in [-0.4, -0.2) is 35.8 Å². The van der Waals surface area contributed by atoms with E-state index in [4.69, 9.17) is 9.47 Å². The highest BCUT2D eigenvalue weighted by molar-refractivity contribution is 5.98. The zero-order chi connectivity index (χ0) is 15.7. The standard InChI is InChI=1S/C18H20O5/c19-11-8-16-4-1-10(11)7-18(16)14(21)22-9-17(16)12(20)2-3-15(5-6-15)13(17)23-18/h10,13H,1-9H2/t10-,13+,16-,17-,18+/m1/s1. The lowest BCUT2D eigenvalue weighted by atomic mass is 9.40. The summed E-state index contributed by atoms with van der Waals surface area (Å²) >= 11 is 0. The number of cyclic esters (lactones) is 1. The monoisotopic (exact) mass is 316 g/mol. The topological polar surface area (TPSA) is 69.7 Å². The van der Waals surface area contributed by atoms with E-state index in [1.807, 2.05) is 0 Å². The molecule has 0 aromatic carbocycles. The van der Waals surface area contributed by atoms with Crippen molar-refractivity contribution in [3.8, 4) is 0 Å². The molecule has 0 unspecified atom stereocenters. The fraction of sp³-hybridized carbons (Fsp3) is 0.833. The second-order valence-electron chi connectivity index (χ2n) is 8.82. The van der Waals surface area contributed by atoms with E-state index in [-0.39, 0.29) is 41.6 Å². The second-order valence-corrected chi connectivity index (χ2v) is 8.82. The average molecular weight is 316 g/mol. The zero-order valence-electron chi connectivity index (χ0n) is 13.1. The number of carbonyl (C=O) groups is 3. The van der Waals surface area contributed by atoms with Gasteiger partial charge in [0.2, 0.25) is 0 Å². The molecule has 4 bridgehead atoms. The van der Waals surface area contributed by atoms with Gasteiger partial charge in [-0.15, -0.1) is 0 Å². The summed E-state index contributed by atoms with van der Waals surface area (Å²) in [7, 11) is 0. The maximum absolute atomic E-state index is 13.2. The summed E-state index contributed by atoms with van der Waals surface area (Å²) < 4.78 is 12.1. The lowest BCUT2D eigenvalue weighted by Crippen LogP contribution is -2.72. The first-order valence-electron chi connectivity index (χ1n) is 8.91. The molecule has 7 aliphatic rings. The molecule has 0 aromatic heterocycles. The van der Waals surface area contributed by atoms with Crippen molar-refractivity contribution in [2.75, 3.05) is 6.61 Å². The fourth-order valence-corrected chi connectivity index (χ4v) is 7.04. The molecule has 5 saturated carbocycles. The third kappa shape index (κ3) is 1.07. The zero-order valence-corrected chi connectivity index (χ0v) is 13.1. The van der Waals surface area contributed by atoms with Crippen LogP contribution in [0, 0.1) is 22.2 Å². The van der Waals surface area contributed by atoms with E-state index in [0.29, 0.717) is 19.3 Å². The Morgan fingerprint density at radius 1 is 1.04 bits per heavy atom. The van der Waals surface area contributed by atoms with E-state index in [1.54, 1.807) is 0 Å². The van der Waals surface area contributed by atoms with Crippen LogP contribution in [0.1, 0.15) is 51.4 Å². The van der Waals surface area contributed by atoms with E-state index in [2.05, 4.69) is 0 Å². The number of rotatable bonds is 0. The molecule has 7 rings (SSSR count). The van der Waals surface area contributed by atoms with Crippen LogP contribution in [0.4, 0.5) is 0 Å². The lowest BCUT2D eigenvalue weighted by Gasteiger charge is -2.60. The molecule has 2 saturated heterocycles. The fourth-order valence-electron chi connectivity index (χ4n) is 7.04. The van der Waals surface area contributed by atoms with Gasteiger partial charge in [0.1, 0.15) is 18.2 Å². The van der Waals surface area contributed by atoms with Crippen molar-refractivity contribution in [1.29, 1.82) is 0 Å². The minimum Gasteiger partial charge on any atom is -0.462 e. The van der Waals surface area contributed by atoms with Gasteiger partial charge < -0.3 is 9.47 Å². The van der Waals surface area contributed by atoms with Crippen molar-refractivity contribution in [3.05, 3.63) is 0 Å². The number of hydrogen-bond donors (Lipinski definition) is 0. The van der Waals surface area contributed by atoms with Gasteiger partial charge in [-0.2, -0.15) is 0 Å². The molecule has 7 fully saturated rings. The van der Waals surface area contributed by atoms with Crippen molar-refractivity contribution < 1.29 is 23.9 Å². The molecule has 3 spiro atoms. The van der Waals surface area contributed by atoms with E-state index in [9.17, 15) is 14.4 Å². The van der Waals surface area contributed by atoms with Crippen LogP contribution >= 0.6 is 0 Å². The largest absolute Gasteiger partial charge is 0.462 e. The van der Waals surface area contributed by atoms with Gasteiger partial charge in [-0.1, -0.05) is 0 Å². The predicted molar refractivity (Wildman–Crippen MR) is 76.3 cm³/mol. The van der Waals surface area contributed by atoms with Gasteiger partial charge in [0.15, 0.2) is 5.60 Å². The minimum absolute atomic E-state index is 0.0577. The first-order chi connectivity index (χ1) is 11.0. The number of hydrogen-bond acceptors (Lipinski definition) is 5. The molecule has 2 aliphatic heterocycles. The Bertz CT molecular complexity index is 694. The van der Waals surface area contributed by atoms with Crippen molar-refractivity contribution >= 4 is 17.5 Å². The van der Waals surface area contributed by atoms with Gasteiger partial charge in [0, 0.05) is 24.2 Å². The van der Waals surface area contributed by atoms with Gasteiger partial charge in [0.05, 0.1) is 11.5 Å². The molecule has 23 heavy (non-hydrogen) atoms. The van der Waals surface area contributed by atoms with E-state index in [1.165, 1.54) is 0 Å². The smallest absolute Gasteiger partial charge is 0.339 e. The Morgan fingerprint density at radius 3 is 2.61 bits per heavy atom. The highest BCUT2D eigenvalue weighted by Gasteiger charge is 2.87. The van der Waals surface area contributed by atoms with Crippen LogP contribution in [0.5, 0.6) is 0 Å². The third-order valence-corrected chi connectivity index (χ3v) is 8.34. The molecule has 5 atom stereocenters. The van der Waals surface area contributed by atoms with Crippen molar-refractivity contribution in [2.45, 2.75) is 63.1 Å². The van der Waals surface area contributed by atoms with Crippen LogP contribution in [-0.2, 0) is 23.9 Å². The highest BCUT2D eigenvalue weighted by atomic mass is 16.6. The number of carbonyl (C=O) groups excluding carboxylic acids is 3. The Kier molecular flexibility index (Phi) is 1.94. The molecule has 0 radical (unpaired) electrons. The number of ketones is 2. The molecule has 5 aliphatic carbocycles. The highest BCUT2D eigenvalue weighted by Crippen LogP contribution is 2.78. The van der Waals surface area contributed by atoms with Crippen molar-refractivity contribution in [1.82, 2.24) is 0 Å². The van der Waals surface area contributed by atoms with Crippen LogP contribution in [0.15, 0.2) is 0 Å². The van der Waals surface area contributed by atoms with Crippen LogP contribution in [0.2, 0.25) is 0 Å². The second kappa shape index (κ2) is 3.41. The number of esters is 1. The first-order valence-corrected chi connectivity index (χ1v) is 8.91. The van der Waals surface area contributed by atoms with Crippen molar-refractivity contribution in [3.63, 3.8) is 0 Å². The quantitative estimate of drug-likeness (QED) is 0.635. The van der Waals surface area contributed by atoms with E-state index < -0.39 is 16.4 Å². The normalized spacial score (nSPS) is 54.7. The summed E-state index contributed by atoms with van der Waals surface area (Å²) in [6, 6.07) is 0. The molecule has 0 N–H and O–H groups in total. The van der Waals surface area contributed by atoms with Crippen LogP contribution in [0.25, 0.3) is 0 Å². The summed E-state index contributed by atoms with van der Waals surface area (Å²) in [4.78, 5) is 38.6. The molecule has 122 valence electrons. The first kappa shape index (κ1) is 13.1.